The number of likely N-dealkylation sites (N-methyl/N-ethyl adjacent to an activating group) is 1. The second-order valence-electron chi connectivity index (χ2n) is 11.4. The topological polar surface area (TPSA) is 104 Å². The van der Waals surface area contributed by atoms with E-state index in [0.717, 1.165) is 6.42 Å². The highest BCUT2D eigenvalue weighted by Crippen LogP contribution is 2.44. The van der Waals surface area contributed by atoms with Gasteiger partial charge in [-0.25, -0.2) is 4.57 Å². The van der Waals surface area contributed by atoms with Crippen molar-refractivity contribution in [1.29, 1.82) is 0 Å². The van der Waals surface area contributed by atoms with Gasteiger partial charge in [-0.1, -0.05) is 103 Å². The van der Waals surface area contributed by atoms with Gasteiger partial charge in [-0.3, -0.25) is 9.05 Å². The molecule has 0 saturated heterocycles. The van der Waals surface area contributed by atoms with Gasteiger partial charge in [-0.05, 0) is 13.3 Å². The molecule has 1 unspecified atom stereocenters. The van der Waals surface area contributed by atoms with Crippen molar-refractivity contribution in [3.05, 3.63) is 0 Å². The van der Waals surface area contributed by atoms with Gasteiger partial charge in [-0.15, -0.1) is 0 Å². The molecular weight excluding hydrogens is 493 g/mol. The molecule has 0 aliphatic rings. The second-order valence-corrected chi connectivity index (χ2v) is 12.8. The van der Waals surface area contributed by atoms with Crippen LogP contribution in [-0.4, -0.2) is 81.7 Å². The molecule has 0 aromatic heterocycles. The predicted octanol–water partition coefficient (Wildman–Crippen LogP) is 7.33. The van der Waals surface area contributed by atoms with Crippen LogP contribution in [0.15, 0.2) is 0 Å². The summed E-state index contributed by atoms with van der Waals surface area (Å²) in [6.07, 6.45) is 20.8. The average Bonchev–Trinajstić information content (AvgIpc) is 2.78. The Labute approximate surface area is 229 Å². The fourth-order valence-corrected chi connectivity index (χ4v) is 5.33. The molecule has 2 N–H and O–H groups in total. The normalized spacial score (nSPS) is 15.2. The van der Waals surface area contributed by atoms with Crippen LogP contribution >= 0.6 is 7.82 Å². The van der Waals surface area contributed by atoms with Crippen LogP contribution in [0.3, 0.4) is 0 Å². The molecule has 0 rings (SSSR count). The summed E-state index contributed by atoms with van der Waals surface area (Å²) in [5.74, 6) is 0. The summed E-state index contributed by atoms with van der Waals surface area (Å²) in [5.41, 5.74) is 0. The van der Waals surface area contributed by atoms with E-state index in [1.165, 1.54) is 96.3 Å². The Morgan fingerprint density at radius 2 is 1.19 bits per heavy atom. The highest BCUT2D eigenvalue weighted by molar-refractivity contribution is 7.47. The van der Waals surface area contributed by atoms with E-state index in [2.05, 4.69) is 6.92 Å². The number of phosphoric acid groups is 1. The lowest BCUT2D eigenvalue weighted by Gasteiger charge is -2.28. The van der Waals surface area contributed by atoms with Gasteiger partial charge < -0.3 is 24.3 Å². The maximum absolute atomic E-state index is 12.2. The molecule has 0 aliphatic carbocycles. The highest BCUT2D eigenvalue weighted by Gasteiger charge is 2.28. The summed E-state index contributed by atoms with van der Waals surface area (Å²) in [6.45, 7) is 5.61. The van der Waals surface area contributed by atoms with Crippen molar-refractivity contribution >= 4 is 7.82 Å². The Hall–Kier alpha value is -0.0500. The Morgan fingerprint density at radius 3 is 1.59 bits per heavy atom. The Balaban J connectivity index is 0. The van der Waals surface area contributed by atoms with E-state index in [1.54, 1.807) is 14.0 Å². The van der Waals surface area contributed by atoms with E-state index >= 15 is 0 Å². The van der Waals surface area contributed by atoms with Gasteiger partial charge in [-0.2, -0.15) is 0 Å². The van der Waals surface area contributed by atoms with Crippen molar-refractivity contribution in [1.82, 2.24) is 0 Å². The quantitative estimate of drug-likeness (QED) is 0.0643. The first-order valence-corrected chi connectivity index (χ1v) is 16.2. The van der Waals surface area contributed by atoms with E-state index < -0.39 is 20.0 Å². The summed E-state index contributed by atoms with van der Waals surface area (Å²) in [5, 5.41) is 0. The lowest BCUT2D eigenvalue weighted by molar-refractivity contribution is -0.873. The monoisotopic (exact) mass is 555 g/mol. The summed E-state index contributed by atoms with van der Waals surface area (Å²) >= 11 is 0. The summed E-state index contributed by atoms with van der Waals surface area (Å²) in [4.78, 5) is 9.96. The van der Waals surface area contributed by atoms with Crippen LogP contribution in [0.2, 0.25) is 0 Å². The van der Waals surface area contributed by atoms with Gasteiger partial charge in [0.15, 0.2) is 0 Å². The molecule has 37 heavy (non-hydrogen) atoms. The van der Waals surface area contributed by atoms with E-state index in [0.29, 0.717) is 24.2 Å². The van der Waals surface area contributed by atoms with Gasteiger partial charge in [0.25, 0.3) is 0 Å². The van der Waals surface area contributed by atoms with Crippen LogP contribution < -0.4 is 0 Å². The van der Waals surface area contributed by atoms with Crippen LogP contribution in [-0.2, 0) is 23.1 Å². The lowest BCUT2D eigenvalue weighted by atomic mass is 10.0. The van der Waals surface area contributed by atoms with Crippen molar-refractivity contribution in [3.63, 3.8) is 0 Å². The highest BCUT2D eigenvalue weighted by atomic mass is 31.2. The number of unbranched alkanes of at least 4 members (excludes halogenated alkanes) is 15. The van der Waals surface area contributed by atoms with Gasteiger partial charge in [0.05, 0.1) is 34.4 Å². The predicted molar refractivity (Wildman–Crippen MR) is 152 cm³/mol. The molecule has 3 atom stereocenters. The zero-order valence-electron chi connectivity index (χ0n) is 25.1. The minimum atomic E-state index is -4.13. The summed E-state index contributed by atoms with van der Waals surface area (Å²) in [6, 6.07) is 0. The molecule has 0 saturated carbocycles. The molecule has 9 heteroatoms. The SMILES string of the molecule is CCCCCCCCCCCCCCCCCCOC[C@H](COP(=O)(O)O[C@@H](C)C[N+](C)(C)C)OC.[OH-]. The van der Waals surface area contributed by atoms with Crippen LogP contribution in [0.4, 0.5) is 0 Å². The fourth-order valence-electron chi connectivity index (χ4n) is 4.39. The minimum Gasteiger partial charge on any atom is -0.870 e. The molecule has 0 radical (unpaired) electrons. The fraction of sp³-hybridized carbons (Fsp3) is 1.00. The van der Waals surface area contributed by atoms with Crippen molar-refractivity contribution in [2.75, 3.05) is 54.6 Å². The van der Waals surface area contributed by atoms with E-state index in [1.807, 2.05) is 21.1 Å². The van der Waals surface area contributed by atoms with E-state index in [4.69, 9.17) is 18.5 Å². The Bertz CT molecular complexity index is 531. The minimum absolute atomic E-state index is 0. The van der Waals surface area contributed by atoms with E-state index in [-0.39, 0.29) is 12.1 Å². The van der Waals surface area contributed by atoms with Crippen LogP contribution in [0.25, 0.3) is 0 Å². The Kier molecular flexibility index (Phi) is 26.4. The third-order valence-corrected chi connectivity index (χ3v) is 7.42. The third-order valence-electron chi connectivity index (χ3n) is 6.32. The standard InChI is InChI=1S/C28H60NO6P.H2O/c1-7-8-9-10-11-12-13-14-15-16-17-18-19-20-21-22-23-33-25-28(32-6)26-34-36(30,31)35-27(2)24-29(3,4)5;/h27-28H,7-26H2,1-6H3;1H2/t27-,28+;/m0./s1. The Morgan fingerprint density at radius 1 is 0.757 bits per heavy atom. The first-order valence-electron chi connectivity index (χ1n) is 14.7. The number of hydrogen-bond donors (Lipinski definition) is 1. The number of nitrogens with zero attached hydrogens (tertiary/aromatic N) is 1. The lowest BCUT2D eigenvalue weighted by Crippen LogP contribution is -2.41. The van der Waals surface area contributed by atoms with E-state index in [9.17, 15) is 9.46 Å². The number of rotatable bonds is 27. The largest absolute Gasteiger partial charge is 0.870 e. The summed E-state index contributed by atoms with van der Waals surface area (Å²) in [7, 11) is 3.43. The molecule has 0 fully saturated rings. The molecule has 0 aromatic carbocycles. The van der Waals surface area contributed by atoms with Gasteiger partial charge in [0.1, 0.15) is 18.8 Å². The first kappa shape index (κ1) is 39.1. The maximum Gasteiger partial charge on any atom is 0.472 e. The van der Waals surface area contributed by atoms with Crippen LogP contribution in [0.1, 0.15) is 117 Å². The number of phosphoric ester groups is 1. The van der Waals surface area contributed by atoms with Crippen LogP contribution in [0, 0.1) is 0 Å². The molecule has 0 aromatic rings. The van der Waals surface area contributed by atoms with Gasteiger partial charge in [0.2, 0.25) is 0 Å². The van der Waals surface area contributed by atoms with Gasteiger partial charge in [0, 0.05) is 13.7 Å². The number of hydrogen-bond acceptors (Lipinski definition) is 6. The zero-order valence-corrected chi connectivity index (χ0v) is 26.0. The molecule has 0 heterocycles. The maximum atomic E-state index is 12.2. The van der Waals surface area contributed by atoms with Crippen LogP contribution in [0.5, 0.6) is 0 Å². The molecule has 0 bridgehead atoms. The van der Waals surface area contributed by atoms with Crippen molar-refractivity contribution < 1.29 is 37.9 Å². The number of methoxy groups -OCH3 is 1. The molecule has 0 spiro atoms. The zero-order chi connectivity index (χ0) is 27.1. The summed E-state index contributed by atoms with van der Waals surface area (Å²) < 4.78 is 34.2. The van der Waals surface area contributed by atoms with Gasteiger partial charge >= 0.3 is 7.82 Å². The number of quaternary nitrogens is 1. The van der Waals surface area contributed by atoms with Crippen molar-refractivity contribution in [2.24, 2.45) is 0 Å². The van der Waals surface area contributed by atoms with Crippen molar-refractivity contribution in [3.8, 4) is 0 Å². The molecule has 0 aliphatic heterocycles. The average molecular weight is 556 g/mol. The molecular formula is C28H62NO7P. The smallest absolute Gasteiger partial charge is 0.472 e. The third kappa shape index (κ3) is 28.8. The second kappa shape index (κ2) is 25.0. The molecule has 0 amide bonds. The first-order chi connectivity index (χ1) is 17.1. The molecule has 8 nitrogen and oxygen atoms in total. The number of ether oxygens (including phenoxy) is 2. The molecule has 226 valence electrons. The van der Waals surface area contributed by atoms with Crippen molar-refractivity contribution in [2.45, 2.75) is 129 Å².